The molecule has 0 radical (unpaired) electrons. The summed E-state index contributed by atoms with van der Waals surface area (Å²) in [4.78, 5) is 27.9. The maximum atomic E-state index is 12.9. The van der Waals surface area contributed by atoms with Crippen LogP contribution in [-0.2, 0) is 6.54 Å². The lowest BCUT2D eigenvalue weighted by Crippen LogP contribution is -2.26. The van der Waals surface area contributed by atoms with Gasteiger partial charge in [-0.05, 0) is 73.4 Å². The Balaban J connectivity index is 1.50. The first-order valence-electron chi connectivity index (χ1n) is 11.6. The lowest BCUT2D eigenvalue weighted by atomic mass is 10.1. The van der Waals surface area contributed by atoms with Crippen LogP contribution in [-0.4, -0.2) is 32.1 Å². The Kier molecular flexibility index (Phi) is 7.77. The van der Waals surface area contributed by atoms with Gasteiger partial charge >= 0.3 is 6.03 Å². The maximum absolute atomic E-state index is 12.9. The highest BCUT2D eigenvalue weighted by atomic mass is 35.5. The van der Waals surface area contributed by atoms with E-state index in [0.717, 1.165) is 48.5 Å². The number of hydrogen-bond acceptors (Lipinski definition) is 4. The summed E-state index contributed by atoms with van der Waals surface area (Å²) in [6.07, 6.45) is 2.19. The molecule has 0 saturated carbocycles. The number of amides is 3. The molecule has 4 rings (SSSR count). The predicted molar refractivity (Wildman–Crippen MR) is 141 cm³/mol. The number of halogens is 1. The van der Waals surface area contributed by atoms with E-state index >= 15 is 0 Å². The molecule has 3 aromatic rings. The highest BCUT2D eigenvalue weighted by Crippen LogP contribution is 2.30. The molecule has 3 N–H and O–H groups in total. The van der Waals surface area contributed by atoms with Gasteiger partial charge in [-0.15, -0.1) is 0 Å². The van der Waals surface area contributed by atoms with Gasteiger partial charge in [0.2, 0.25) is 0 Å². The van der Waals surface area contributed by atoms with Crippen LogP contribution in [0.25, 0.3) is 0 Å². The van der Waals surface area contributed by atoms with E-state index in [4.69, 9.17) is 16.3 Å². The van der Waals surface area contributed by atoms with Crippen LogP contribution in [0.3, 0.4) is 0 Å². The summed E-state index contributed by atoms with van der Waals surface area (Å²) in [5, 5.41) is 9.26. The first-order chi connectivity index (χ1) is 16.9. The minimum atomic E-state index is -0.403. The van der Waals surface area contributed by atoms with E-state index in [0.29, 0.717) is 28.5 Å². The largest absolute Gasteiger partial charge is 0.497 e. The van der Waals surface area contributed by atoms with Gasteiger partial charge < -0.3 is 25.6 Å². The third-order valence-corrected chi connectivity index (χ3v) is 6.38. The summed E-state index contributed by atoms with van der Waals surface area (Å²) in [5.41, 5.74) is 4.39. The van der Waals surface area contributed by atoms with E-state index in [1.807, 2.05) is 43.3 Å². The average molecular weight is 493 g/mol. The molecule has 35 heavy (non-hydrogen) atoms. The smallest absolute Gasteiger partial charge is 0.323 e. The third-order valence-electron chi connectivity index (χ3n) is 5.97. The van der Waals surface area contributed by atoms with Crippen molar-refractivity contribution < 1.29 is 14.3 Å². The number of carbonyl (C=O) groups excluding carboxylic acids is 2. The molecule has 0 unspecified atom stereocenters. The van der Waals surface area contributed by atoms with Gasteiger partial charge in [0.15, 0.2) is 0 Å². The predicted octanol–water partition coefficient (Wildman–Crippen LogP) is 5.83. The van der Waals surface area contributed by atoms with E-state index in [9.17, 15) is 9.59 Å². The van der Waals surface area contributed by atoms with Crippen molar-refractivity contribution in [3.63, 3.8) is 0 Å². The third kappa shape index (κ3) is 6.25. The molecule has 3 aromatic carbocycles. The van der Waals surface area contributed by atoms with Crippen molar-refractivity contribution in [1.82, 2.24) is 5.32 Å². The first-order valence-corrected chi connectivity index (χ1v) is 11.9. The maximum Gasteiger partial charge on any atom is 0.323 e. The SMILES string of the molecule is COc1cccc(CNC(=O)c2ccc(N3CCCC3)c(NC(=O)Nc3ccc(C)c(Cl)c3)c2)c1. The quantitative estimate of drug-likeness (QED) is 0.387. The van der Waals surface area contributed by atoms with Gasteiger partial charge in [-0.2, -0.15) is 0 Å². The van der Waals surface area contributed by atoms with Crippen LogP contribution in [0, 0.1) is 6.92 Å². The summed E-state index contributed by atoms with van der Waals surface area (Å²) in [7, 11) is 1.61. The number of nitrogens with one attached hydrogen (secondary N) is 3. The molecule has 1 aliphatic rings. The highest BCUT2D eigenvalue weighted by molar-refractivity contribution is 6.31. The molecule has 0 atom stereocenters. The first kappa shape index (κ1) is 24.4. The molecule has 3 amide bonds. The zero-order valence-electron chi connectivity index (χ0n) is 19.9. The molecule has 0 bridgehead atoms. The molecule has 0 spiro atoms. The standard InChI is InChI=1S/C27H29ClN4O3/c1-18-8-10-21(16-23(18)28)30-27(34)31-24-15-20(9-11-25(24)32-12-3-4-13-32)26(33)29-17-19-6-5-7-22(14-19)35-2/h5-11,14-16H,3-4,12-13,17H2,1-2H3,(H,29,33)(H2,30,31,34). The number of urea groups is 1. The topological polar surface area (TPSA) is 82.7 Å². The summed E-state index contributed by atoms with van der Waals surface area (Å²) >= 11 is 6.19. The normalized spacial score (nSPS) is 12.8. The molecule has 1 aliphatic heterocycles. The number of methoxy groups -OCH3 is 1. The lowest BCUT2D eigenvalue weighted by molar-refractivity contribution is 0.0951. The summed E-state index contributed by atoms with van der Waals surface area (Å²) in [6.45, 7) is 4.08. The van der Waals surface area contributed by atoms with Gasteiger partial charge in [0.25, 0.3) is 5.91 Å². The van der Waals surface area contributed by atoms with Crippen molar-refractivity contribution >= 4 is 40.6 Å². The Hall–Kier alpha value is -3.71. The van der Waals surface area contributed by atoms with Gasteiger partial charge in [0, 0.05) is 35.9 Å². The van der Waals surface area contributed by atoms with Crippen LogP contribution in [0.4, 0.5) is 21.9 Å². The van der Waals surface area contributed by atoms with Crippen molar-refractivity contribution in [2.75, 3.05) is 35.7 Å². The number of carbonyl (C=O) groups is 2. The second kappa shape index (κ2) is 11.1. The van der Waals surface area contributed by atoms with E-state index in [2.05, 4.69) is 20.9 Å². The fourth-order valence-electron chi connectivity index (χ4n) is 4.03. The van der Waals surface area contributed by atoms with Crippen molar-refractivity contribution in [1.29, 1.82) is 0 Å². The summed E-state index contributed by atoms with van der Waals surface area (Å²) < 4.78 is 5.24. The Morgan fingerprint density at radius 3 is 2.54 bits per heavy atom. The van der Waals surface area contributed by atoms with E-state index in [1.54, 1.807) is 31.4 Å². The molecule has 7 nitrogen and oxygen atoms in total. The minimum absolute atomic E-state index is 0.227. The summed E-state index contributed by atoms with van der Waals surface area (Å²) in [6, 6.07) is 17.9. The molecule has 182 valence electrons. The number of nitrogens with zero attached hydrogens (tertiary/aromatic N) is 1. The molecule has 1 heterocycles. The van der Waals surface area contributed by atoms with Gasteiger partial charge in [0.1, 0.15) is 5.75 Å². The zero-order valence-corrected chi connectivity index (χ0v) is 20.6. The fourth-order valence-corrected chi connectivity index (χ4v) is 4.21. The number of benzene rings is 3. The van der Waals surface area contributed by atoms with E-state index in [1.165, 1.54) is 0 Å². The van der Waals surface area contributed by atoms with Crippen molar-refractivity contribution in [2.45, 2.75) is 26.3 Å². The molecule has 1 fully saturated rings. The van der Waals surface area contributed by atoms with E-state index in [-0.39, 0.29) is 5.91 Å². The van der Waals surface area contributed by atoms with Crippen molar-refractivity contribution in [3.8, 4) is 5.75 Å². The van der Waals surface area contributed by atoms with Crippen LogP contribution >= 0.6 is 11.6 Å². The molecule has 0 aliphatic carbocycles. The number of hydrogen-bond donors (Lipinski definition) is 3. The van der Waals surface area contributed by atoms with Gasteiger partial charge in [-0.1, -0.05) is 29.8 Å². The number of rotatable bonds is 7. The Morgan fingerprint density at radius 1 is 1.00 bits per heavy atom. The zero-order chi connectivity index (χ0) is 24.8. The molecular weight excluding hydrogens is 464 g/mol. The Morgan fingerprint density at radius 2 is 1.80 bits per heavy atom. The number of ether oxygens (including phenoxy) is 1. The monoisotopic (exact) mass is 492 g/mol. The number of anilines is 3. The molecule has 8 heteroatoms. The lowest BCUT2D eigenvalue weighted by Gasteiger charge is -2.22. The molecule has 0 aromatic heterocycles. The van der Waals surface area contributed by atoms with Crippen LogP contribution < -0.4 is 25.6 Å². The van der Waals surface area contributed by atoms with Crippen molar-refractivity contribution in [2.24, 2.45) is 0 Å². The minimum Gasteiger partial charge on any atom is -0.497 e. The Labute approximate surface area is 210 Å². The second-order valence-electron chi connectivity index (χ2n) is 8.50. The van der Waals surface area contributed by atoms with E-state index < -0.39 is 6.03 Å². The van der Waals surface area contributed by atoms with Gasteiger partial charge in [0.05, 0.1) is 18.5 Å². The highest BCUT2D eigenvalue weighted by Gasteiger charge is 2.19. The van der Waals surface area contributed by atoms with Crippen LogP contribution in [0.1, 0.15) is 34.3 Å². The van der Waals surface area contributed by atoms with Crippen LogP contribution in [0.15, 0.2) is 60.7 Å². The van der Waals surface area contributed by atoms with Crippen LogP contribution in [0.2, 0.25) is 5.02 Å². The van der Waals surface area contributed by atoms with Gasteiger partial charge in [-0.25, -0.2) is 4.79 Å². The fraction of sp³-hybridized carbons (Fsp3) is 0.259. The summed E-state index contributed by atoms with van der Waals surface area (Å²) in [5.74, 6) is 0.508. The molecule has 1 saturated heterocycles. The number of aryl methyl sites for hydroxylation is 1. The Bertz CT molecular complexity index is 1220. The van der Waals surface area contributed by atoms with Crippen molar-refractivity contribution in [3.05, 3.63) is 82.4 Å². The second-order valence-corrected chi connectivity index (χ2v) is 8.91. The van der Waals surface area contributed by atoms with Crippen LogP contribution in [0.5, 0.6) is 5.75 Å². The average Bonchev–Trinajstić information content (AvgIpc) is 3.39. The van der Waals surface area contributed by atoms with Gasteiger partial charge in [-0.3, -0.25) is 4.79 Å². The molecular formula is C27H29ClN4O3.